The van der Waals surface area contributed by atoms with Crippen LogP contribution in [0.25, 0.3) is 6.08 Å². The van der Waals surface area contributed by atoms with Gasteiger partial charge in [0.25, 0.3) is 0 Å². The SMILES string of the molecule is N#CCNC(=O)C=Cc1ccccc1Cl. The molecule has 0 saturated heterocycles. The average molecular weight is 221 g/mol. The minimum absolute atomic E-state index is 0.00565. The molecule has 1 amide bonds. The van der Waals surface area contributed by atoms with Gasteiger partial charge in [-0.3, -0.25) is 4.79 Å². The lowest BCUT2D eigenvalue weighted by Gasteiger charge is -1.96. The summed E-state index contributed by atoms with van der Waals surface area (Å²) >= 11 is 5.88. The third-order valence-electron chi connectivity index (χ3n) is 1.66. The Labute approximate surface area is 93.0 Å². The molecule has 0 aromatic heterocycles. The lowest BCUT2D eigenvalue weighted by atomic mass is 10.2. The average Bonchev–Trinajstić information content (AvgIpc) is 2.25. The molecule has 0 heterocycles. The molecule has 76 valence electrons. The smallest absolute Gasteiger partial charge is 0.244 e. The van der Waals surface area contributed by atoms with Gasteiger partial charge in [-0.2, -0.15) is 5.26 Å². The van der Waals surface area contributed by atoms with Crippen molar-refractivity contribution < 1.29 is 4.79 Å². The van der Waals surface area contributed by atoms with E-state index in [1.807, 2.05) is 18.2 Å². The van der Waals surface area contributed by atoms with Gasteiger partial charge in [0.05, 0.1) is 6.07 Å². The van der Waals surface area contributed by atoms with Crippen LogP contribution in [0.15, 0.2) is 30.3 Å². The predicted octanol–water partition coefficient (Wildman–Crippen LogP) is 1.99. The molecule has 0 aliphatic heterocycles. The summed E-state index contributed by atoms with van der Waals surface area (Å²) in [6, 6.07) is 9.01. The molecule has 0 aliphatic rings. The molecule has 0 unspecified atom stereocenters. The maximum Gasteiger partial charge on any atom is 0.244 e. The molecular formula is C11H9ClN2O. The van der Waals surface area contributed by atoms with Gasteiger partial charge in [-0.15, -0.1) is 0 Å². The lowest BCUT2D eigenvalue weighted by molar-refractivity contribution is -0.116. The van der Waals surface area contributed by atoms with Crippen LogP contribution in [-0.2, 0) is 4.79 Å². The van der Waals surface area contributed by atoms with Crippen LogP contribution in [-0.4, -0.2) is 12.5 Å². The molecule has 0 bridgehead atoms. The number of rotatable bonds is 3. The molecule has 3 nitrogen and oxygen atoms in total. The summed E-state index contributed by atoms with van der Waals surface area (Å²) in [5.74, 6) is -0.309. The fourth-order valence-electron chi connectivity index (χ4n) is 0.961. The van der Waals surface area contributed by atoms with Crippen molar-refractivity contribution in [3.8, 4) is 6.07 Å². The highest BCUT2D eigenvalue weighted by Crippen LogP contribution is 2.15. The summed E-state index contributed by atoms with van der Waals surface area (Å²) in [4.78, 5) is 11.1. The molecule has 0 fully saturated rings. The monoisotopic (exact) mass is 220 g/mol. The van der Waals surface area contributed by atoms with Gasteiger partial charge in [0, 0.05) is 11.1 Å². The Hall–Kier alpha value is -1.79. The van der Waals surface area contributed by atoms with E-state index in [-0.39, 0.29) is 12.5 Å². The van der Waals surface area contributed by atoms with E-state index in [2.05, 4.69) is 5.32 Å². The first-order valence-electron chi connectivity index (χ1n) is 4.31. The number of carbonyl (C=O) groups is 1. The third kappa shape index (κ3) is 3.84. The van der Waals surface area contributed by atoms with Crippen molar-refractivity contribution in [1.82, 2.24) is 5.32 Å². The number of hydrogen-bond acceptors (Lipinski definition) is 2. The van der Waals surface area contributed by atoms with Crippen LogP contribution in [0.2, 0.25) is 5.02 Å². The van der Waals surface area contributed by atoms with E-state index in [4.69, 9.17) is 16.9 Å². The number of carbonyl (C=O) groups excluding carboxylic acids is 1. The van der Waals surface area contributed by atoms with Gasteiger partial charge < -0.3 is 5.32 Å². The highest BCUT2D eigenvalue weighted by atomic mass is 35.5. The standard InChI is InChI=1S/C11H9ClN2O/c12-10-4-2-1-3-9(10)5-6-11(15)14-8-7-13/h1-6H,8H2,(H,14,15). The first-order chi connectivity index (χ1) is 7.24. The molecule has 0 spiro atoms. The van der Waals surface area contributed by atoms with Gasteiger partial charge in [-0.1, -0.05) is 29.8 Å². The van der Waals surface area contributed by atoms with Crippen molar-refractivity contribution in [1.29, 1.82) is 5.26 Å². The minimum Gasteiger partial charge on any atom is -0.339 e. The zero-order chi connectivity index (χ0) is 11.1. The van der Waals surface area contributed by atoms with Crippen molar-refractivity contribution in [3.63, 3.8) is 0 Å². The fraction of sp³-hybridized carbons (Fsp3) is 0.0909. The first-order valence-corrected chi connectivity index (χ1v) is 4.69. The van der Waals surface area contributed by atoms with Crippen LogP contribution < -0.4 is 5.32 Å². The van der Waals surface area contributed by atoms with E-state index in [0.717, 1.165) is 5.56 Å². The van der Waals surface area contributed by atoms with Crippen molar-refractivity contribution in [2.75, 3.05) is 6.54 Å². The predicted molar refractivity (Wildman–Crippen MR) is 59.1 cm³/mol. The number of halogens is 1. The Morgan fingerprint density at radius 2 is 2.27 bits per heavy atom. The van der Waals surface area contributed by atoms with E-state index in [9.17, 15) is 4.79 Å². The van der Waals surface area contributed by atoms with Crippen LogP contribution in [0.1, 0.15) is 5.56 Å². The molecule has 0 saturated carbocycles. The number of amides is 1. The fourth-order valence-corrected chi connectivity index (χ4v) is 1.16. The van der Waals surface area contributed by atoms with E-state index in [1.165, 1.54) is 6.08 Å². The van der Waals surface area contributed by atoms with E-state index in [1.54, 1.807) is 18.2 Å². The van der Waals surface area contributed by atoms with E-state index < -0.39 is 0 Å². The van der Waals surface area contributed by atoms with Crippen LogP contribution in [0, 0.1) is 11.3 Å². The Morgan fingerprint density at radius 1 is 1.53 bits per heavy atom. The number of hydrogen-bond donors (Lipinski definition) is 1. The summed E-state index contributed by atoms with van der Waals surface area (Å²) < 4.78 is 0. The number of nitrogens with one attached hydrogen (secondary N) is 1. The highest BCUT2D eigenvalue weighted by Gasteiger charge is 1.96. The molecule has 0 atom stereocenters. The van der Waals surface area contributed by atoms with Crippen molar-refractivity contribution in [3.05, 3.63) is 40.9 Å². The maximum absolute atomic E-state index is 11.1. The first kappa shape index (κ1) is 11.3. The normalized spacial score (nSPS) is 9.87. The largest absolute Gasteiger partial charge is 0.339 e. The van der Waals surface area contributed by atoms with Crippen LogP contribution >= 0.6 is 11.6 Å². The van der Waals surface area contributed by atoms with Gasteiger partial charge in [0.1, 0.15) is 6.54 Å². The minimum atomic E-state index is -0.309. The second-order valence-corrected chi connectivity index (χ2v) is 3.14. The van der Waals surface area contributed by atoms with Gasteiger partial charge in [0.2, 0.25) is 5.91 Å². The van der Waals surface area contributed by atoms with Gasteiger partial charge in [-0.05, 0) is 17.7 Å². The van der Waals surface area contributed by atoms with Crippen molar-refractivity contribution in [2.24, 2.45) is 0 Å². The highest BCUT2D eigenvalue weighted by molar-refractivity contribution is 6.32. The molecule has 4 heteroatoms. The molecule has 0 aliphatic carbocycles. The molecule has 1 aromatic rings. The Morgan fingerprint density at radius 3 is 2.93 bits per heavy atom. The molecule has 1 N–H and O–H groups in total. The van der Waals surface area contributed by atoms with Crippen LogP contribution in [0.5, 0.6) is 0 Å². The van der Waals surface area contributed by atoms with Crippen LogP contribution in [0.4, 0.5) is 0 Å². The molecule has 15 heavy (non-hydrogen) atoms. The summed E-state index contributed by atoms with van der Waals surface area (Å²) in [5.41, 5.74) is 0.770. The Balaban J connectivity index is 2.62. The Bertz CT molecular complexity index is 421. The zero-order valence-electron chi connectivity index (χ0n) is 7.90. The molecule has 0 radical (unpaired) electrons. The van der Waals surface area contributed by atoms with Gasteiger partial charge >= 0.3 is 0 Å². The summed E-state index contributed by atoms with van der Waals surface area (Å²) in [6.45, 7) is 0.00565. The van der Waals surface area contributed by atoms with Gasteiger partial charge in [0.15, 0.2) is 0 Å². The topological polar surface area (TPSA) is 52.9 Å². The zero-order valence-corrected chi connectivity index (χ0v) is 8.66. The quantitative estimate of drug-likeness (QED) is 0.626. The van der Waals surface area contributed by atoms with Crippen molar-refractivity contribution in [2.45, 2.75) is 0 Å². The lowest BCUT2D eigenvalue weighted by Crippen LogP contribution is -2.20. The second-order valence-electron chi connectivity index (χ2n) is 2.73. The van der Waals surface area contributed by atoms with Crippen LogP contribution in [0.3, 0.4) is 0 Å². The maximum atomic E-state index is 11.1. The molecule has 1 rings (SSSR count). The third-order valence-corrected chi connectivity index (χ3v) is 2.01. The summed E-state index contributed by atoms with van der Waals surface area (Å²) in [7, 11) is 0. The number of nitriles is 1. The summed E-state index contributed by atoms with van der Waals surface area (Å²) in [6.07, 6.45) is 2.95. The summed E-state index contributed by atoms with van der Waals surface area (Å²) in [5, 5.41) is 11.2. The second kappa shape index (κ2) is 5.84. The number of benzene rings is 1. The Kier molecular flexibility index (Phi) is 4.39. The van der Waals surface area contributed by atoms with Gasteiger partial charge in [-0.25, -0.2) is 0 Å². The molecular weight excluding hydrogens is 212 g/mol. The molecule has 1 aromatic carbocycles. The number of nitrogens with zero attached hydrogens (tertiary/aromatic N) is 1. The van der Waals surface area contributed by atoms with E-state index in [0.29, 0.717) is 5.02 Å². The van der Waals surface area contributed by atoms with E-state index >= 15 is 0 Å². The van der Waals surface area contributed by atoms with Crippen molar-refractivity contribution >= 4 is 23.6 Å².